The van der Waals surface area contributed by atoms with Crippen molar-refractivity contribution in [2.45, 2.75) is 0 Å². The Morgan fingerprint density at radius 1 is 0.359 bits per heavy atom. The van der Waals surface area contributed by atoms with Crippen molar-refractivity contribution in [3.8, 4) is 50.6 Å². The maximum Gasteiger partial charge on any atom is 0.188 e. The van der Waals surface area contributed by atoms with Gasteiger partial charge in [-0.15, -0.1) is 0 Å². The molecule has 0 radical (unpaired) electrons. The summed E-state index contributed by atoms with van der Waals surface area (Å²) in [6.45, 7) is 0. The third-order valence-electron chi connectivity index (χ3n) is 13.3. The average Bonchev–Trinajstić information content (AvgIpc) is 3.91. The van der Waals surface area contributed by atoms with E-state index in [1.54, 1.807) is 0 Å². The molecule has 1 aliphatic heterocycles. The fourth-order valence-electron chi connectivity index (χ4n) is 10.5. The van der Waals surface area contributed by atoms with Crippen molar-refractivity contribution < 1.29 is 9.15 Å². The van der Waals surface area contributed by atoms with E-state index in [1.165, 1.54) is 53.8 Å². The van der Waals surface area contributed by atoms with Crippen LogP contribution in [0.3, 0.4) is 0 Å². The van der Waals surface area contributed by atoms with Crippen LogP contribution in [-0.4, -0.2) is 12.6 Å². The molecule has 13 rings (SSSR count). The van der Waals surface area contributed by atoms with E-state index >= 15 is 0 Å². The molecule has 0 amide bonds. The minimum absolute atomic E-state index is 0.839. The Balaban J connectivity index is 1.12. The lowest BCUT2D eigenvalue weighted by Gasteiger charge is -2.40. The molecule has 12 aromatic rings. The molecule has 0 bridgehead atoms. The molecular weight excluding hydrogens is 795 g/mol. The molecule has 10 aromatic carbocycles. The van der Waals surface area contributed by atoms with E-state index in [4.69, 9.17) is 9.15 Å². The Kier molecular flexibility index (Phi) is 8.23. The van der Waals surface area contributed by atoms with Crippen molar-refractivity contribution in [1.82, 2.24) is 4.57 Å². The SMILES string of the molecule is c1ccc(-c2ccc3c(c2)c2cc(-c4ccccc4)ccc2n3-c2cc(-c3cccc4c3Oc3ccccc3[Si]4(c3ccccc3)c3ccccc3)c3oc4ccccc4c3c2)cc1. The van der Waals surface area contributed by atoms with E-state index in [0.717, 1.165) is 61.3 Å². The van der Waals surface area contributed by atoms with Gasteiger partial charge in [0.25, 0.3) is 0 Å². The van der Waals surface area contributed by atoms with Crippen molar-refractivity contribution in [3.05, 3.63) is 237 Å². The molecule has 3 nitrogen and oxygen atoms in total. The molecule has 4 heteroatoms. The Labute approximate surface area is 371 Å². The third-order valence-corrected chi connectivity index (χ3v) is 18.1. The van der Waals surface area contributed by atoms with Crippen molar-refractivity contribution in [3.63, 3.8) is 0 Å². The third kappa shape index (κ3) is 5.46. The molecule has 0 N–H and O–H groups in total. The second kappa shape index (κ2) is 14.5. The summed E-state index contributed by atoms with van der Waals surface area (Å²) in [6, 6.07) is 85.8. The van der Waals surface area contributed by atoms with Gasteiger partial charge < -0.3 is 13.7 Å². The van der Waals surface area contributed by atoms with Crippen LogP contribution < -0.4 is 25.5 Å². The van der Waals surface area contributed by atoms with Crippen molar-refractivity contribution in [2.24, 2.45) is 0 Å². The van der Waals surface area contributed by atoms with E-state index in [0.29, 0.717) is 0 Å². The molecule has 64 heavy (non-hydrogen) atoms. The zero-order valence-corrected chi connectivity index (χ0v) is 35.8. The van der Waals surface area contributed by atoms with Crippen LogP contribution in [0.15, 0.2) is 241 Å². The number of benzene rings is 10. The largest absolute Gasteiger partial charge is 0.457 e. The molecule has 3 heterocycles. The minimum Gasteiger partial charge on any atom is -0.457 e. The van der Waals surface area contributed by atoms with Crippen LogP contribution in [0, 0.1) is 0 Å². The molecule has 0 atom stereocenters. The Morgan fingerprint density at radius 2 is 0.906 bits per heavy atom. The molecule has 0 spiro atoms. The summed E-state index contributed by atoms with van der Waals surface area (Å²) >= 11 is 0. The van der Waals surface area contributed by atoms with Gasteiger partial charge in [0.1, 0.15) is 22.7 Å². The van der Waals surface area contributed by atoms with Crippen LogP contribution in [0.4, 0.5) is 0 Å². The molecule has 0 unspecified atom stereocenters. The van der Waals surface area contributed by atoms with Gasteiger partial charge in [-0.05, 0) is 91.5 Å². The topological polar surface area (TPSA) is 27.3 Å². The summed E-state index contributed by atoms with van der Waals surface area (Å²) in [6.07, 6.45) is 0. The van der Waals surface area contributed by atoms with Crippen LogP contribution in [-0.2, 0) is 0 Å². The van der Waals surface area contributed by atoms with Gasteiger partial charge in [0.05, 0.1) is 11.0 Å². The van der Waals surface area contributed by atoms with Gasteiger partial charge in [0.15, 0.2) is 8.07 Å². The summed E-state index contributed by atoms with van der Waals surface area (Å²) in [5.74, 6) is 1.77. The summed E-state index contributed by atoms with van der Waals surface area (Å²) < 4.78 is 16.6. The Hall–Kier alpha value is -8.18. The highest BCUT2D eigenvalue weighted by atomic mass is 28.3. The van der Waals surface area contributed by atoms with Crippen LogP contribution in [0.25, 0.3) is 82.8 Å². The summed E-state index contributed by atoms with van der Waals surface area (Å²) in [7, 11) is -2.91. The zero-order chi connectivity index (χ0) is 42.2. The first-order valence-electron chi connectivity index (χ1n) is 21.9. The van der Waals surface area contributed by atoms with Gasteiger partial charge in [-0.25, -0.2) is 0 Å². The summed E-state index contributed by atoms with van der Waals surface area (Å²) in [5.41, 5.74) is 11.8. The first-order valence-corrected chi connectivity index (χ1v) is 23.9. The maximum atomic E-state index is 7.25. The summed E-state index contributed by atoms with van der Waals surface area (Å²) in [4.78, 5) is 0. The highest BCUT2D eigenvalue weighted by molar-refractivity contribution is 7.20. The number of hydrogen-bond acceptors (Lipinski definition) is 2. The average molecular weight is 834 g/mol. The van der Waals surface area contributed by atoms with Gasteiger partial charge in [-0.2, -0.15) is 0 Å². The predicted molar refractivity (Wildman–Crippen MR) is 268 cm³/mol. The van der Waals surface area contributed by atoms with E-state index in [9.17, 15) is 0 Å². The van der Waals surface area contributed by atoms with E-state index in [-0.39, 0.29) is 0 Å². The van der Waals surface area contributed by atoms with Crippen LogP contribution in [0.5, 0.6) is 11.5 Å². The number of ether oxygens (including phenoxy) is 1. The first kappa shape index (κ1) is 36.5. The van der Waals surface area contributed by atoms with Crippen LogP contribution in [0.2, 0.25) is 0 Å². The van der Waals surface area contributed by atoms with Gasteiger partial charge in [-0.1, -0.05) is 188 Å². The fourth-order valence-corrected chi connectivity index (χ4v) is 15.5. The zero-order valence-electron chi connectivity index (χ0n) is 34.8. The van der Waals surface area contributed by atoms with E-state index < -0.39 is 8.07 Å². The van der Waals surface area contributed by atoms with E-state index in [1.807, 2.05) is 0 Å². The predicted octanol–water partition coefficient (Wildman–Crippen LogP) is 13.2. The lowest BCUT2D eigenvalue weighted by molar-refractivity contribution is 0.489. The molecule has 2 aromatic heterocycles. The monoisotopic (exact) mass is 833 g/mol. The Morgan fingerprint density at radius 3 is 1.55 bits per heavy atom. The second-order valence-corrected chi connectivity index (χ2v) is 20.5. The molecular formula is C60H39NO2Si. The van der Waals surface area contributed by atoms with E-state index in [2.05, 4.69) is 241 Å². The number of fused-ring (bicyclic) bond motifs is 8. The highest BCUT2D eigenvalue weighted by Crippen LogP contribution is 2.45. The minimum atomic E-state index is -2.91. The van der Waals surface area contributed by atoms with Gasteiger partial charge in [-0.3, -0.25) is 0 Å². The maximum absolute atomic E-state index is 7.25. The number of hydrogen-bond donors (Lipinski definition) is 0. The molecule has 0 fully saturated rings. The number of aromatic nitrogens is 1. The first-order chi connectivity index (χ1) is 31.7. The molecule has 300 valence electrons. The highest BCUT2D eigenvalue weighted by Gasteiger charge is 2.48. The van der Waals surface area contributed by atoms with Gasteiger partial charge >= 0.3 is 0 Å². The lowest BCUT2D eigenvalue weighted by atomic mass is 9.99. The van der Waals surface area contributed by atoms with Crippen molar-refractivity contribution in [2.75, 3.05) is 0 Å². The van der Waals surface area contributed by atoms with Gasteiger partial charge in [0.2, 0.25) is 0 Å². The fraction of sp³-hybridized carbons (Fsp3) is 0. The Bertz CT molecular complexity index is 3610. The number of furan rings is 1. The lowest BCUT2D eigenvalue weighted by Crippen LogP contribution is -2.76. The number of para-hydroxylation sites is 3. The summed E-state index contributed by atoms with van der Waals surface area (Å²) in [5, 5.41) is 9.62. The molecule has 1 aliphatic rings. The van der Waals surface area contributed by atoms with Gasteiger partial charge in [0, 0.05) is 38.4 Å². The smallest absolute Gasteiger partial charge is 0.188 e. The molecule has 0 saturated carbocycles. The number of rotatable bonds is 6. The van der Waals surface area contributed by atoms with Crippen LogP contribution >= 0.6 is 0 Å². The molecule has 0 aliphatic carbocycles. The molecule has 0 saturated heterocycles. The normalized spacial score (nSPS) is 12.9. The standard InChI is InChI=1S/C60H39NO2Si/c1-5-18-40(19-6-1)42-32-34-53-49(36-42)50-37-43(41-20-7-2-8-21-41)33-35-54(50)61(53)44-38-51-47-26-13-14-28-55(47)62-59(51)52(39-44)48-27-17-31-58-60(48)63-56-29-15-16-30-57(56)64(58,45-22-9-3-10-23-45)46-24-11-4-12-25-46/h1-39H. The van der Waals surface area contributed by atoms with Crippen molar-refractivity contribution >= 4 is 72.6 Å². The van der Waals surface area contributed by atoms with Crippen molar-refractivity contribution in [1.29, 1.82) is 0 Å². The van der Waals surface area contributed by atoms with Crippen LogP contribution in [0.1, 0.15) is 0 Å². The quantitative estimate of drug-likeness (QED) is 0.156. The number of nitrogens with zero attached hydrogens (tertiary/aromatic N) is 1. The second-order valence-electron chi connectivity index (χ2n) is 16.8.